The number of hydrogen-bond acceptors (Lipinski definition) is 4. The number of rotatable bonds is 7. The van der Waals surface area contributed by atoms with Crippen LogP contribution in [0, 0.1) is 13.8 Å². The van der Waals surface area contributed by atoms with E-state index in [0.717, 1.165) is 36.0 Å². The minimum Gasteiger partial charge on any atom is -0.507 e. The Morgan fingerprint density at radius 2 is 1.77 bits per heavy atom. The molecule has 0 bridgehead atoms. The number of amides is 1. The van der Waals surface area contributed by atoms with Crippen molar-refractivity contribution < 1.29 is 19.4 Å². The number of carbonyl (C=O) groups is 2. The first-order chi connectivity index (χ1) is 14.8. The van der Waals surface area contributed by atoms with E-state index in [1.54, 1.807) is 11.0 Å². The van der Waals surface area contributed by atoms with E-state index in [-0.39, 0.29) is 11.3 Å². The maximum absolute atomic E-state index is 13.1. The topological polar surface area (TPSA) is 66.8 Å². The number of methoxy groups -OCH3 is 1. The monoisotopic (exact) mass is 421 g/mol. The fraction of sp³-hybridized carbons (Fsp3) is 0.385. The molecule has 1 heterocycles. The second kappa shape index (κ2) is 9.38. The number of Topliss-reactive ketones (excluding diaryl/α,β-unsaturated/α-hetero) is 1. The van der Waals surface area contributed by atoms with Gasteiger partial charge in [0.2, 0.25) is 0 Å². The van der Waals surface area contributed by atoms with Crippen LogP contribution in [-0.4, -0.2) is 35.4 Å². The van der Waals surface area contributed by atoms with Gasteiger partial charge in [0.25, 0.3) is 11.7 Å². The third-order valence-electron chi connectivity index (χ3n) is 5.87. The number of aliphatic hydroxyl groups is 1. The number of hydrogen-bond donors (Lipinski definition) is 1. The number of benzene rings is 2. The number of nitrogens with zero attached hydrogens (tertiary/aromatic N) is 1. The minimum atomic E-state index is -0.653. The molecule has 1 aliphatic heterocycles. The van der Waals surface area contributed by atoms with E-state index in [4.69, 9.17) is 4.74 Å². The van der Waals surface area contributed by atoms with E-state index >= 15 is 0 Å². The summed E-state index contributed by atoms with van der Waals surface area (Å²) in [5.74, 6) is -0.907. The maximum atomic E-state index is 13.1. The highest BCUT2D eigenvalue weighted by Crippen LogP contribution is 2.42. The highest BCUT2D eigenvalue weighted by molar-refractivity contribution is 6.46. The van der Waals surface area contributed by atoms with Crippen LogP contribution in [0.2, 0.25) is 0 Å². The number of aryl methyl sites for hydroxylation is 3. The van der Waals surface area contributed by atoms with E-state index in [2.05, 4.69) is 6.92 Å². The second-order valence-corrected chi connectivity index (χ2v) is 8.10. The molecule has 1 unspecified atom stereocenters. The third-order valence-corrected chi connectivity index (χ3v) is 5.87. The Bertz CT molecular complexity index is 1020. The molecule has 2 aromatic carbocycles. The van der Waals surface area contributed by atoms with Crippen molar-refractivity contribution in [2.45, 2.75) is 53.0 Å². The average Bonchev–Trinajstić information content (AvgIpc) is 3.01. The lowest BCUT2D eigenvalue weighted by Gasteiger charge is -2.25. The number of ketones is 1. The van der Waals surface area contributed by atoms with E-state index in [1.807, 2.05) is 51.1 Å². The predicted octanol–water partition coefficient (Wildman–Crippen LogP) is 5.10. The van der Waals surface area contributed by atoms with E-state index in [0.29, 0.717) is 17.9 Å². The van der Waals surface area contributed by atoms with Crippen molar-refractivity contribution in [2.75, 3.05) is 13.7 Å². The third kappa shape index (κ3) is 4.22. The van der Waals surface area contributed by atoms with Gasteiger partial charge in [-0.15, -0.1) is 0 Å². The molecule has 31 heavy (non-hydrogen) atoms. The van der Waals surface area contributed by atoms with Crippen LogP contribution in [0.5, 0.6) is 5.75 Å². The van der Waals surface area contributed by atoms with Crippen LogP contribution >= 0.6 is 0 Å². The molecule has 0 aliphatic carbocycles. The zero-order valence-corrected chi connectivity index (χ0v) is 19.0. The van der Waals surface area contributed by atoms with Crippen LogP contribution in [0.1, 0.15) is 60.5 Å². The normalized spacial score (nSPS) is 18.0. The highest BCUT2D eigenvalue weighted by atomic mass is 16.5. The van der Waals surface area contributed by atoms with Gasteiger partial charge in [-0.2, -0.15) is 0 Å². The minimum absolute atomic E-state index is 0.119. The van der Waals surface area contributed by atoms with Crippen molar-refractivity contribution in [1.29, 1.82) is 0 Å². The summed E-state index contributed by atoms with van der Waals surface area (Å²) in [6, 6.07) is 11.0. The number of likely N-dealkylation sites (tertiary alicyclic amines) is 1. The summed E-state index contributed by atoms with van der Waals surface area (Å²) in [5, 5.41) is 11.3. The smallest absolute Gasteiger partial charge is 0.295 e. The second-order valence-electron chi connectivity index (χ2n) is 8.10. The predicted molar refractivity (Wildman–Crippen MR) is 122 cm³/mol. The molecule has 1 saturated heterocycles. The van der Waals surface area contributed by atoms with E-state index in [9.17, 15) is 14.7 Å². The lowest BCUT2D eigenvalue weighted by molar-refractivity contribution is -0.139. The van der Waals surface area contributed by atoms with Gasteiger partial charge < -0.3 is 14.7 Å². The fourth-order valence-corrected chi connectivity index (χ4v) is 4.27. The summed E-state index contributed by atoms with van der Waals surface area (Å²) < 4.78 is 5.53. The molecule has 5 heteroatoms. The van der Waals surface area contributed by atoms with E-state index < -0.39 is 17.7 Å². The van der Waals surface area contributed by atoms with Gasteiger partial charge in [0.05, 0.1) is 24.3 Å². The van der Waals surface area contributed by atoms with Crippen molar-refractivity contribution in [2.24, 2.45) is 0 Å². The Labute approximate surface area is 184 Å². The number of unbranched alkanes of at least 4 members (excludes halogenated alkanes) is 1. The van der Waals surface area contributed by atoms with Crippen LogP contribution in [-0.2, 0) is 16.0 Å². The molecule has 0 aromatic heterocycles. The fourth-order valence-electron chi connectivity index (χ4n) is 4.27. The molecule has 1 aliphatic rings. The summed E-state index contributed by atoms with van der Waals surface area (Å²) in [7, 11) is 1.54. The van der Waals surface area contributed by atoms with Crippen molar-refractivity contribution >= 4 is 17.4 Å². The first-order valence-electron chi connectivity index (χ1n) is 10.9. The van der Waals surface area contributed by atoms with E-state index in [1.165, 1.54) is 12.7 Å². The summed E-state index contributed by atoms with van der Waals surface area (Å²) in [4.78, 5) is 27.7. The number of aliphatic hydroxyl groups excluding tert-OH is 1. The summed E-state index contributed by atoms with van der Waals surface area (Å²) in [6.07, 6.45) is 2.58. The van der Waals surface area contributed by atoms with Gasteiger partial charge in [-0.25, -0.2) is 0 Å². The van der Waals surface area contributed by atoms with Crippen molar-refractivity contribution in [3.05, 3.63) is 69.8 Å². The van der Waals surface area contributed by atoms with Crippen molar-refractivity contribution in [1.82, 2.24) is 4.90 Å². The summed E-state index contributed by atoms with van der Waals surface area (Å²) >= 11 is 0. The van der Waals surface area contributed by atoms with Crippen LogP contribution in [0.25, 0.3) is 5.76 Å². The Morgan fingerprint density at radius 1 is 1.10 bits per heavy atom. The lowest BCUT2D eigenvalue weighted by Crippen LogP contribution is -2.30. The average molecular weight is 422 g/mol. The quantitative estimate of drug-likeness (QED) is 0.384. The molecular weight excluding hydrogens is 390 g/mol. The van der Waals surface area contributed by atoms with Gasteiger partial charge in [-0.05, 0) is 55.0 Å². The van der Waals surface area contributed by atoms with Gasteiger partial charge in [0.1, 0.15) is 11.5 Å². The van der Waals surface area contributed by atoms with Gasteiger partial charge in [0, 0.05) is 6.54 Å². The van der Waals surface area contributed by atoms with Gasteiger partial charge in [-0.3, -0.25) is 9.59 Å². The Hall–Kier alpha value is -3.08. The molecule has 3 rings (SSSR count). The Morgan fingerprint density at radius 3 is 2.35 bits per heavy atom. The largest absolute Gasteiger partial charge is 0.507 e. The summed E-state index contributed by atoms with van der Waals surface area (Å²) in [5.41, 5.74) is 4.33. The molecule has 0 spiro atoms. The SMILES string of the molecule is CCCCN1C(=O)C(=O)/C(=C(/O)c2cc(C)cc(C)c2OC)C1c1ccc(CC)cc1. The lowest BCUT2D eigenvalue weighted by atomic mass is 9.93. The first-order valence-corrected chi connectivity index (χ1v) is 10.9. The van der Waals surface area contributed by atoms with Crippen molar-refractivity contribution in [3.63, 3.8) is 0 Å². The maximum Gasteiger partial charge on any atom is 0.295 e. The first kappa shape index (κ1) is 22.6. The molecule has 1 fully saturated rings. The zero-order valence-electron chi connectivity index (χ0n) is 19.0. The Balaban J connectivity index is 2.24. The summed E-state index contributed by atoms with van der Waals surface area (Å²) in [6.45, 7) is 8.40. The van der Waals surface area contributed by atoms with Gasteiger partial charge in [0.15, 0.2) is 0 Å². The molecule has 5 nitrogen and oxygen atoms in total. The molecule has 1 atom stereocenters. The van der Waals surface area contributed by atoms with Crippen LogP contribution in [0.4, 0.5) is 0 Å². The number of carbonyl (C=O) groups excluding carboxylic acids is 2. The van der Waals surface area contributed by atoms with Crippen LogP contribution in [0.3, 0.4) is 0 Å². The van der Waals surface area contributed by atoms with Gasteiger partial charge >= 0.3 is 0 Å². The molecule has 1 N–H and O–H groups in total. The molecule has 0 radical (unpaired) electrons. The van der Waals surface area contributed by atoms with Gasteiger partial charge in [-0.1, -0.05) is 50.6 Å². The Kier molecular flexibility index (Phi) is 6.84. The van der Waals surface area contributed by atoms with Crippen LogP contribution in [0.15, 0.2) is 42.0 Å². The van der Waals surface area contributed by atoms with Crippen LogP contribution < -0.4 is 4.74 Å². The number of ether oxygens (including phenoxy) is 1. The molecule has 0 saturated carbocycles. The van der Waals surface area contributed by atoms with Crippen molar-refractivity contribution in [3.8, 4) is 5.75 Å². The molecule has 164 valence electrons. The zero-order chi connectivity index (χ0) is 22.7. The molecule has 1 amide bonds. The molecule has 2 aromatic rings. The molecular formula is C26H31NO4. The standard InChI is InChI=1S/C26H31NO4/c1-6-8-13-27-22(19-11-9-18(7-2)10-12-19)21(24(29)26(27)30)23(28)20-15-16(3)14-17(4)25(20)31-5/h9-12,14-15,22,28H,6-8,13H2,1-5H3/b23-21+. The highest BCUT2D eigenvalue weighted by Gasteiger charge is 2.46.